The van der Waals surface area contributed by atoms with Crippen LogP contribution in [0, 0.1) is 0 Å². The van der Waals surface area contributed by atoms with Crippen molar-refractivity contribution in [1.82, 2.24) is 10.6 Å². The number of nitrogens with one attached hydrogen (secondary N) is 2. The summed E-state index contributed by atoms with van der Waals surface area (Å²) >= 11 is 0. The van der Waals surface area contributed by atoms with Crippen LogP contribution >= 0.6 is 0 Å². The summed E-state index contributed by atoms with van der Waals surface area (Å²) in [6, 6.07) is 0. The number of hydrogen-bond donors (Lipinski definition) is 8. The highest BCUT2D eigenvalue weighted by Gasteiger charge is 2.58. The Bertz CT molecular complexity index is 803. The van der Waals surface area contributed by atoms with Crippen LogP contribution in [0.15, 0.2) is 0 Å². The van der Waals surface area contributed by atoms with Gasteiger partial charge in [0.05, 0.1) is 33.0 Å². The van der Waals surface area contributed by atoms with Gasteiger partial charge in [-0.05, 0) is 12.8 Å². The first kappa shape index (κ1) is 33.2. The number of aliphatic hydroxyl groups excluding tert-OH is 5. The lowest BCUT2D eigenvalue weighted by molar-refractivity contribution is -0.379. The highest BCUT2D eigenvalue weighted by atomic mass is 16.7. The number of hydrogen-bond acceptors (Lipinski definition) is 14. The summed E-state index contributed by atoms with van der Waals surface area (Å²) in [5.41, 5.74) is -2.53. The molecule has 2 fully saturated rings. The number of carbonyl (C=O) groups is 3. The summed E-state index contributed by atoms with van der Waals surface area (Å²) in [4.78, 5) is 35.1. The molecule has 0 bridgehead atoms. The van der Waals surface area contributed by atoms with Crippen molar-refractivity contribution < 1.29 is 68.7 Å². The molecule has 16 heteroatoms. The maximum atomic E-state index is 12.0. The van der Waals surface area contributed by atoms with Crippen molar-refractivity contribution in [3.63, 3.8) is 0 Å². The fourth-order valence-corrected chi connectivity index (χ4v) is 4.27. The normalized spacial score (nSPS) is 34.8. The maximum absolute atomic E-state index is 12.0. The third-order valence-electron chi connectivity index (χ3n) is 6.31. The molecule has 0 aromatic carbocycles. The van der Waals surface area contributed by atoms with E-state index in [9.17, 15) is 45.0 Å². The summed E-state index contributed by atoms with van der Waals surface area (Å²) in [7, 11) is 1.28. The van der Waals surface area contributed by atoms with Crippen LogP contribution in [-0.2, 0) is 38.1 Å². The summed E-state index contributed by atoms with van der Waals surface area (Å²) in [6.07, 6.45) is -10.9. The second-order valence-corrected chi connectivity index (χ2v) is 9.33. The second kappa shape index (κ2) is 15.7. The van der Waals surface area contributed by atoms with Gasteiger partial charge in [-0.3, -0.25) is 14.4 Å². The Morgan fingerprint density at radius 1 is 1.00 bits per heavy atom. The first-order valence-electron chi connectivity index (χ1n) is 12.6. The fourth-order valence-electron chi connectivity index (χ4n) is 4.27. The number of ether oxygens (including phenoxy) is 5. The standard InChI is InChI=1S/C23H40N2O14/c1-12(28)25-23(34)21(39-18-9-13(29)19(32)14(10-26)37-18)20(33)15(11-27)38-22(23)36-8-7-24-16(30)5-3-4-6-17(31)35-2/h13-15,18-22,26-27,29,32-34H,3-11H2,1-2H3,(H,24,30)(H,25,28)/t13-,14-,15-,18+,19-,20+,21+,22-,23-/m1/s1. The zero-order chi connectivity index (χ0) is 29.2. The molecule has 2 rings (SSSR count). The molecule has 226 valence electrons. The molecule has 39 heavy (non-hydrogen) atoms. The van der Waals surface area contributed by atoms with Crippen molar-refractivity contribution in [2.24, 2.45) is 0 Å². The molecule has 0 spiro atoms. The molecule has 2 amide bonds. The molecule has 2 heterocycles. The largest absolute Gasteiger partial charge is 0.469 e. The molecule has 2 aliphatic rings. The molecule has 0 aliphatic carbocycles. The van der Waals surface area contributed by atoms with Gasteiger partial charge in [0.25, 0.3) is 0 Å². The molecule has 0 aromatic rings. The molecule has 16 nitrogen and oxygen atoms in total. The van der Waals surface area contributed by atoms with E-state index in [4.69, 9.17) is 18.9 Å². The van der Waals surface area contributed by atoms with E-state index < -0.39 is 74.0 Å². The van der Waals surface area contributed by atoms with Crippen LogP contribution < -0.4 is 10.6 Å². The zero-order valence-electron chi connectivity index (χ0n) is 21.9. The SMILES string of the molecule is COC(=O)CCCCC(=O)NCCO[C@@H]1O[C@H](CO)[C@H](O)[C@H](O[C@H]2C[C@@H](O)[C@@H](O)[C@@H](CO)O2)[C@]1(O)NC(C)=O. The van der Waals surface area contributed by atoms with E-state index in [1.54, 1.807) is 0 Å². The van der Waals surface area contributed by atoms with Crippen LogP contribution in [0.3, 0.4) is 0 Å². The molecule has 9 atom stereocenters. The van der Waals surface area contributed by atoms with Crippen molar-refractivity contribution in [1.29, 1.82) is 0 Å². The molecule has 2 saturated heterocycles. The van der Waals surface area contributed by atoms with Crippen molar-refractivity contribution in [2.45, 2.75) is 94.0 Å². The minimum absolute atomic E-state index is 0.0300. The quantitative estimate of drug-likeness (QED) is 0.0565. The Labute approximate surface area is 225 Å². The third kappa shape index (κ3) is 9.28. The van der Waals surface area contributed by atoms with Gasteiger partial charge in [0, 0.05) is 32.7 Å². The van der Waals surface area contributed by atoms with Crippen molar-refractivity contribution in [3.05, 3.63) is 0 Å². The third-order valence-corrected chi connectivity index (χ3v) is 6.31. The van der Waals surface area contributed by atoms with Crippen LogP contribution in [0.25, 0.3) is 0 Å². The van der Waals surface area contributed by atoms with Gasteiger partial charge in [0.1, 0.15) is 30.5 Å². The van der Waals surface area contributed by atoms with Crippen molar-refractivity contribution in [2.75, 3.05) is 33.5 Å². The number of aliphatic hydroxyl groups is 6. The van der Waals surface area contributed by atoms with Gasteiger partial charge >= 0.3 is 5.97 Å². The maximum Gasteiger partial charge on any atom is 0.305 e. The number of amides is 2. The van der Waals surface area contributed by atoms with Crippen LogP contribution in [-0.4, -0.2) is 137 Å². The van der Waals surface area contributed by atoms with Gasteiger partial charge in [0.15, 0.2) is 6.29 Å². The number of unbranched alkanes of at least 4 members (excludes halogenated alkanes) is 1. The van der Waals surface area contributed by atoms with Crippen molar-refractivity contribution in [3.8, 4) is 0 Å². The van der Waals surface area contributed by atoms with E-state index in [0.717, 1.165) is 6.92 Å². The zero-order valence-corrected chi connectivity index (χ0v) is 21.9. The summed E-state index contributed by atoms with van der Waals surface area (Å²) < 4.78 is 26.7. The fraction of sp³-hybridized carbons (Fsp3) is 0.870. The predicted molar refractivity (Wildman–Crippen MR) is 127 cm³/mol. The first-order chi connectivity index (χ1) is 18.5. The number of carbonyl (C=O) groups excluding carboxylic acids is 3. The lowest BCUT2D eigenvalue weighted by Gasteiger charge is -2.50. The van der Waals surface area contributed by atoms with E-state index in [0.29, 0.717) is 12.8 Å². The Kier molecular flexibility index (Phi) is 13.4. The molecular formula is C23H40N2O14. The second-order valence-electron chi connectivity index (χ2n) is 9.33. The molecule has 2 aliphatic heterocycles. The van der Waals surface area contributed by atoms with Gasteiger partial charge in [-0.2, -0.15) is 0 Å². The molecular weight excluding hydrogens is 528 g/mol. The topological polar surface area (TPSA) is 243 Å². The van der Waals surface area contributed by atoms with Crippen LogP contribution in [0.4, 0.5) is 0 Å². The Morgan fingerprint density at radius 2 is 1.64 bits per heavy atom. The van der Waals surface area contributed by atoms with E-state index in [1.807, 2.05) is 0 Å². The number of methoxy groups -OCH3 is 1. The average molecular weight is 569 g/mol. The lowest BCUT2D eigenvalue weighted by atomic mass is 9.92. The molecule has 0 unspecified atom stereocenters. The highest BCUT2D eigenvalue weighted by Crippen LogP contribution is 2.34. The minimum Gasteiger partial charge on any atom is -0.469 e. The lowest BCUT2D eigenvalue weighted by Crippen LogP contribution is -2.75. The Morgan fingerprint density at radius 3 is 2.26 bits per heavy atom. The highest BCUT2D eigenvalue weighted by molar-refractivity contribution is 5.76. The Hall–Kier alpha value is -1.99. The number of esters is 1. The summed E-state index contributed by atoms with van der Waals surface area (Å²) in [6.45, 7) is -0.565. The van der Waals surface area contributed by atoms with Gasteiger partial charge < -0.3 is 65.0 Å². The van der Waals surface area contributed by atoms with Gasteiger partial charge in [-0.25, -0.2) is 0 Å². The van der Waals surface area contributed by atoms with Gasteiger partial charge in [-0.15, -0.1) is 0 Å². The number of rotatable bonds is 14. The van der Waals surface area contributed by atoms with E-state index >= 15 is 0 Å². The van der Waals surface area contributed by atoms with Crippen LogP contribution in [0.1, 0.15) is 39.0 Å². The van der Waals surface area contributed by atoms with E-state index in [1.165, 1.54) is 7.11 Å². The van der Waals surface area contributed by atoms with Crippen molar-refractivity contribution >= 4 is 17.8 Å². The van der Waals surface area contributed by atoms with E-state index in [2.05, 4.69) is 15.4 Å². The average Bonchev–Trinajstić information content (AvgIpc) is 2.89. The minimum atomic E-state index is -2.53. The summed E-state index contributed by atoms with van der Waals surface area (Å²) in [5, 5.41) is 66.2. The molecule has 0 radical (unpaired) electrons. The molecule has 8 N–H and O–H groups in total. The summed E-state index contributed by atoms with van der Waals surface area (Å²) in [5.74, 6) is -1.44. The van der Waals surface area contributed by atoms with Gasteiger partial charge in [-0.1, -0.05) is 0 Å². The predicted octanol–water partition coefficient (Wildman–Crippen LogP) is -4.03. The molecule has 0 aromatic heterocycles. The monoisotopic (exact) mass is 568 g/mol. The smallest absolute Gasteiger partial charge is 0.305 e. The van der Waals surface area contributed by atoms with Gasteiger partial charge in [0.2, 0.25) is 23.8 Å². The van der Waals surface area contributed by atoms with Crippen LogP contribution in [0.2, 0.25) is 0 Å². The molecule has 0 saturated carbocycles. The van der Waals surface area contributed by atoms with E-state index in [-0.39, 0.29) is 44.3 Å². The first-order valence-corrected chi connectivity index (χ1v) is 12.6. The van der Waals surface area contributed by atoms with Crippen LogP contribution in [0.5, 0.6) is 0 Å². The Balaban J connectivity index is 2.04.